The third kappa shape index (κ3) is 4.34. The van der Waals surface area contributed by atoms with Gasteiger partial charge in [-0.15, -0.1) is 5.10 Å². The Morgan fingerprint density at radius 2 is 1.95 bits per heavy atom. The van der Waals surface area contributed by atoms with Crippen LogP contribution in [0.2, 0.25) is 0 Å². The number of aromatic nitrogens is 2. The minimum absolute atomic E-state index is 0.179. The molecule has 0 saturated carbocycles. The van der Waals surface area contributed by atoms with Crippen molar-refractivity contribution in [2.24, 2.45) is 0 Å². The number of rotatable bonds is 7. The third-order valence-corrected chi connectivity index (χ3v) is 2.91. The van der Waals surface area contributed by atoms with Crippen molar-refractivity contribution in [1.82, 2.24) is 9.78 Å². The molecule has 2 aromatic rings. The maximum absolute atomic E-state index is 11.6. The van der Waals surface area contributed by atoms with E-state index in [1.807, 2.05) is 43.5 Å². The summed E-state index contributed by atoms with van der Waals surface area (Å²) in [6, 6.07) is 10.0. The van der Waals surface area contributed by atoms with E-state index < -0.39 is 0 Å². The first-order valence-corrected chi connectivity index (χ1v) is 7.11. The van der Waals surface area contributed by atoms with Crippen LogP contribution in [0.4, 0.5) is 0 Å². The fourth-order valence-electron chi connectivity index (χ4n) is 2.04. The van der Waals surface area contributed by atoms with Gasteiger partial charge in [-0.25, -0.2) is 0 Å². The number of nitrogens with zero attached hydrogens (tertiary/aromatic N) is 2. The lowest BCUT2D eigenvalue weighted by Crippen LogP contribution is -2.08. The summed E-state index contributed by atoms with van der Waals surface area (Å²) in [7, 11) is 0. The quantitative estimate of drug-likeness (QED) is 0.734. The molecule has 112 valence electrons. The van der Waals surface area contributed by atoms with Crippen molar-refractivity contribution in [3.63, 3.8) is 0 Å². The first-order chi connectivity index (χ1) is 10.2. The zero-order valence-electron chi connectivity index (χ0n) is 12.4. The molecule has 21 heavy (non-hydrogen) atoms. The fraction of sp³-hybridized carbons (Fsp3) is 0.375. The van der Waals surface area contributed by atoms with Gasteiger partial charge in [0, 0.05) is 11.8 Å². The van der Waals surface area contributed by atoms with Crippen molar-refractivity contribution in [2.45, 2.75) is 26.8 Å². The molecule has 1 aromatic heterocycles. The van der Waals surface area contributed by atoms with Crippen LogP contribution in [-0.4, -0.2) is 29.0 Å². The third-order valence-electron chi connectivity index (χ3n) is 2.91. The summed E-state index contributed by atoms with van der Waals surface area (Å²) in [5.41, 5.74) is 1.90. The van der Waals surface area contributed by atoms with Crippen LogP contribution in [0.25, 0.3) is 0 Å². The van der Waals surface area contributed by atoms with E-state index in [-0.39, 0.29) is 12.4 Å². The second-order valence-corrected chi connectivity index (χ2v) is 4.56. The molecule has 0 N–H and O–H groups in total. The Balaban J connectivity index is 2.14. The highest BCUT2D eigenvalue weighted by atomic mass is 16.5. The average Bonchev–Trinajstić information content (AvgIpc) is 2.82. The lowest BCUT2D eigenvalue weighted by Gasteiger charge is -2.02. The van der Waals surface area contributed by atoms with Gasteiger partial charge in [-0.05, 0) is 19.4 Å². The predicted molar refractivity (Wildman–Crippen MR) is 79.3 cm³/mol. The van der Waals surface area contributed by atoms with Gasteiger partial charge in [-0.2, -0.15) is 0 Å². The van der Waals surface area contributed by atoms with Crippen molar-refractivity contribution >= 4 is 5.97 Å². The average molecular weight is 288 g/mol. The van der Waals surface area contributed by atoms with Crippen LogP contribution in [0.1, 0.15) is 25.0 Å². The molecule has 2 rings (SSSR count). The lowest BCUT2D eigenvalue weighted by molar-refractivity contribution is -0.142. The molecule has 0 radical (unpaired) electrons. The predicted octanol–water partition coefficient (Wildman–Crippen LogP) is 2.44. The Hall–Kier alpha value is -2.30. The molecule has 0 spiro atoms. The van der Waals surface area contributed by atoms with E-state index in [0.717, 1.165) is 11.1 Å². The second kappa shape index (κ2) is 7.47. The van der Waals surface area contributed by atoms with Crippen LogP contribution in [-0.2, 0) is 22.5 Å². The van der Waals surface area contributed by atoms with Gasteiger partial charge in [-0.1, -0.05) is 30.3 Å². The van der Waals surface area contributed by atoms with Gasteiger partial charge in [0.1, 0.15) is 0 Å². The van der Waals surface area contributed by atoms with E-state index in [9.17, 15) is 4.79 Å². The lowest BCUT2D eigenvalue weighted by atomic mass is 10.2. The zero-order chi connectivity index (χ0) is 15.1. The van der Waals surface area contributed by atoms with E-state index in [1.54, 1.807) is 11.6 Å². The van der Waals surface area contributed by atoms with Gasteiger partial charge in [0.2, 0.25) is 5.88 Å². The normalized spacial score (nSPS) is 10.4. The van der Waals surface area contributed by atoms with Crippen LogP contribution in [0.15, 0.2) is 36.5 Å². The van der Waals surface area contributed by atoms with Crippen molar-refractivity contribution in [3.05, 3.63) is 47.7 Å². The number of carbonyl (C=O) groups is 1. The fourth-order valence-corrected chi connectivity index (χ4v) is 2.04. The standard InChI is InChI=1S/C16H20N2O3/c1-3-20-15(19)10-14-12-18(17-16(14)21-4-2)11-13-8-6-5-7-9-13/h5-9,12H,3-4,10-11H2,1-2H3. The minimum Gasteiger partial charge on any atom is -0.477 e. The molecule has 0 aliphatic rings. The first kappa shape index (κ1) is 15.1. The summed E-state index contributed by atoms with van der Waals surface area (Å²) in [6.45, 7) is 5.22. The summed E-state index contributed by atoms with van der Waals surface area (Å²) in [5, 5.41) is 4.40. The SMILES string of the molecule is CCOC(=O)Cc1cn(Cc2ccccc2)nc1OCC. The molecular weight excluding hydrogens is 268 g/mol. The Bertz CT molecular complexity index is 578. The molecule has 0 saturated heterocycles. The van der Waals surface area contributed by atoms with Gasteiger partial charge in [0.15, 0.2) is 0 Å². The summed E-state index contributed by atoms with van der Waals surface area (Å²) in [4.78, 5) is 11.6. The summed E-state index contributed by atoms with van der Waals surface area (Å²) in [5.74, 6) is 0.235. The molecule has 0 fully saturated rings. The summed E-state index contributed by atoms with van der Waals surface area (Å²) < 4.78 is 12.3. The molecule has 1 heterocycles. The Morgan fingerprint density at radius 1 is 1.19 bits per heavy atom. The van der Waals surface area contributed by atoms with E-state index in [0.29, 0.717) is 25.6 Å². The van der Waals surface area contributed by atoms with E-state index >= 15 is 0 Å². The van der Waals surface area contributed by atoms with Crippen molar-refractivity contribution in [1.29, 1.82) is 0 Å². The number of ether oxygens (including phenoxy) is 2. The molecule has 1 aromatic carbocycles. The Morgan fingerprint density at radius 3 is 2.62 bits per heavy atom. The van der Waals surface area contributed by atoms with Crippen LogP contribution < -0.4 is 4.74 Å². The Labute approximate surface area is 124 Å². The largest absolute Gasteiger partial charge is 0.477 e. The van der Waals surface area contributed by atoms with Crippen molar-refractivity contribution in [2.75, 3.05) is 13.2 Å². The minimum atomic E-state index is -0.266. The van der Waals surface area contributed by atoms with E-state index in [4.69, 9.17) is 9.47 Å². The smallest absolute Gasteiger partial charge is 0.310 e. The highest BCUT2D eigenvalue weighted by Gasteiger charge is 2.14. The van der Waals surface area contributed by atoms with Gasteiger partial charge in [0.25, 0.3) is 0 Å². The van der Waals surface area contributed by atoms with Crippen LogP contribution >= 0.6 is 0 Å². The molecule has 0 unspecified atom stereocenters. The van der Waals surface area contributed by atoms with Crippen LogP contribution in [0.3, 0.4) is 0 Å². The van der Waals surface area contributed by atoms with Gasteiger partial charge in [-0.3, -0.25) is 9.48 Å². The van der Waals surface area contributed by atoms with Crippen molar-refractivity contribution in [3.8, 4) is 5.88 Å². The summed E-state index contributed by atoms with van der Waals surface area (Å²) >= 11 is 0. The molecule has 0 atom stereocenters. The number of carbonyl (C=O) groups excluding carboxylic acids is 1. The van der Waals surface area contributed by atoms with Crippen LogP contribution in [0, 0.1) is 0 Å². The van der Waals surface area contributed by atoms with E-state index in [2.05, 4.69) is 5.10 Å². The van der Waals surface area contributed by atoms with Gasteiger partial charge in [0.05, 0.1) is 26.2 Å². The molecule has 0 amide bonds. The zero-order valence-corrected chi connectivity index (χ0v) is 12.4. The molecule has 0 bridgehead atoms. The number of hydrogen-bond acceptors (Lipinski definition) is 4. The number of hydrogen-bond donors (Lipinski definition) is 0. The molecule has 0 aliphatic heterocycles. The number of benzene rings is 1. The van der Waals surface area contributed by atoms with Crippen molar-refractivity contribution < 1.29 is 14.3 Å². The van der Waals surface area contributed by atoms with Crippen LogP contribution in [0.5, 0.6) is 5.88 Å². The maximum atomic E-state index is 11.6. The van der Waals surface area contributed by atoms with E-state index in [1.165, 1.54) is 0 Å². The topological polar surface area (TPSA) is 53.4 Å². The molecule has 0 aliphatic carbocycles. The Kier molecular flexibility index (Phi) is 5.37. The highest BCUT2D eigenvalue weighted by molar-refractivity contribution is 5.73. The molecule has 5 heteroatoms. The molecule has 5 nitrogen and oxygen atoms in total. The first-order valence-electron chi connectivity index (χ1n) is 7.11. The maximum Gasteiger partial charge on any atom is 0.310 e. The van der Waals surface area contributed by atoms with Gasteiger partial charge < -0.3 is 9.47 Å². The molecular formula is C16H20N2O3. The second-order valence-electron chi connectivity index (χ2n) is 4.56. The summed E-state index contributed by atoms with van der Waals surface area (Å²) in [6.07, 6.45) is 2.02. The van der Waals surface area contributed by atoms with Gasteiger partial charge >= 0.3 is 5.97 Å². The highest BCUT2D eigenvalue weighted by Crippen LogP contribution is 2.18. The number of esters is 1. The monoisotopic (exact) mass is 288 g/mol.